The van der Waals surface area contributed by atoms with Crippen LogP contribution >= 0.6 is 0 Å². The van der Waals surface area contributed by atoms with Gasteiger partial charge in [0.1, 0.15) is 48.6 Å². The smallest absolute Gasteiger partial charge is 0.497 e. The first kappa shape index (κ1) is 35.2. The zero-order chi connectivity index (χ0) is 34.4. The number of halogens is 3. The van der Waals surface area contributed by atoms with Gasteiger partial charge in [-0.25, -0.2) is 4.79 Å². The number of alkyl halides is 3. The average molecular weight is 666 g/mol. The predicted octanol–water partition coefficient (Wildman–Crippen LogP) is 7.31. The Morgan fingerprint density at radius 3 is 1.94 bits per heavy atom. The maximum Gasteiger partial charge on any atom is 0.514 e. The van der Waals surface area contributed by atoms with Crippen molar-refractivity contribution in [2.45, 2.75) is 25.8 Å². The maximum absolute atomic E-state index is 12.9. The zero-order valence-corrected chi connectivity index (χ0v) is 26.3. The molecule has 1 N–H and O–H groups in total. The molecule has 1 amide bonds. The van der Waals surface area contributed by atoms with Gasteiger partial charge >= 0.3 is 18.2 Å². The van der Waals surface area contributed by atoms with E-state index in [1.807, 2.05) is 29.6 Å². The van der Waals surface area contributed by atoms with Crippen molar-refractivity contribution >= 4 is 18.1 Å². The van der Waals surface area contributed by atoms with E-state index in [9.17, 15) is 22.8 Å². The van der Waals surface area contributed by atoms with Gasteiger partial charge in [-0.3, -0.25) is 4.79 Å². The van der Waals surface area contributed by atoms with E-state index in [4.69, 9.17) is 28.4 Å². The number of hydrogen-bond acceptors (Lipinski definition) is 8. The number of nitrogens with one attached hydrogen (secondary N) is 1. The molecule has 12 heteroatoms. The zero-order valence-electron chi connectivity index (χ0n) is 26.3. The second-order valence-electron chi connectivity index (χ2n) is 10.1. The molecule has 0 spiro atoms. The second kappa shape index (κ2) is 17.3. The Bertz CT molecular complexity index is 1660. The van der Waals surface area contributed by atoms with Crippen LogP contribution in [0.1, 0.15) is 22.3 Å². The largest absolute Gasteiger partial charge is 0.514 e. The van der Waals surface area contributed by atoms with Gasteiger partial charge in [-0.05, 0) is 71.7 Å². The van der Waals surface area contributed by atoms with Crippen LogP contribution in [0.3, 0.4) is 0 Å². The monoisotopic (exact) mass is 665 g/mol. The van der Waals surface area contributed by atoms with Crippen molar-refractivity contribution in [1.82, 2.24) is 5.32 Å². The number of hydrogen-bond donors (Lipinski definition) is 1. The molecule has 0 atom stereocenters. The second-order valence-corrected chi connectivity index (χ2v) is 10.1. The van der Waals surface area contributed by atoms with Gasteiger partial charge in [-0.2, -0.15) is 13.2 Å². The van der Waals surface area contributed by atoms with E-state index < -0.39 is 18.2 Å². The highest BCUT2D eigenvalue weighted by Crippen LogP contribution is 2.32. The predicted molar refractivity (Wildman–Crippen MR) is 171 cm³/mol. The summed E-state index contributed by atoms with van der Waals surface area (Å²) in [5.41, 5.74) is 2.67. The van der Waals surface area contributed by atoms with E-state index in [2.05, 4.69) is 0 Å². The summed E-state index contributed by atoms with van der Waals surface area (Å²) in [6, 6.07) is 26.2. The van der Waals surface area contributed by atoms with Gasteiger partial charge < -0.3 is 33.7 Å². The Hall–Kier alpha value is -5.65. The lowest BCUT2D eigenvalue weighted by atomic mass is 10.0. The molecular weight excluding hydrogens is 631 g/mol. The van der Waals surface area contributed by atoms with Crippen LogP contribution in [0.25, 0.3) is 6.08 Å². The quantitative estimate of drug-likeness (QED) is 0.104. The molecule has 0 aromatic heterocycles. The van der Waals surface area contributed by atoms with E-state index in [0.29, 0.717) is 39.9 Å². The summed E-state index contributed by atoms with van der Waals surface area (Å²) in [6.07, 6.45) is -2.79. The summed E-state index contributed by atoms with van der Waals surface area (Å²) in [5, 5.41) is 1.90. The molecule has 4 aromatic carbocycles. The highest BCUT2D eigenvalue weighted by atomic mass is 19.4. The van der Waals surface area contributed by atoms with Crippen LogP contribution < -0.4 is 29.0 Å². The third kappa shape index (κ3) is 11.0. The lowest BCUT2D eigenvalue weighted by Gasteiger charge is -2.17. The third-order valence-corrected chi connectivity index (χ3v) is 6.78. The fourth-order valence-corrected chi connectivity index (χ4v) is 4.33. The molecule has 0 saturated carbocycles. The van der Waals surface area contributed by atoms with Crippen molar-refractivity contribution in [3.63, 3.8) is 0 Å². The molecule has 0 aliphatic rings. The SMILES string of the molecule is COc1ccc(COc2cc(CCNC(=O)C(F)(F)F)c(/C=C\COC(=O)Oc3ccccc3)c(OCc3ccc(OC)cc3)c2)cc1. The van der Waals surface area contributed by atoms with Gasteiger partial charge in [0.25, 0.3) is 0 Å². The molecule has 48 heavy (non-hydrogen) atoms. The topological polar surface area (TPSA) is 102 Å². The number of ether oxygens (including phenoxy) is 6. The van der Waals surface area contributed by atoms with Crippen molar-refractivity contribution in [2.24, 2.45) is 0 Å². The van der Waals surface area contributed by atoms with Crippen molar-refractivity contribution in [3.8, 4) is 28.7 Å². The van der Waals surface area contributed by atoms with Gasteiger partial charge in [0.2, 0.25) is 0 Å². The highest BCUT2D eigenvalue weighted by Gasteiger charge is 2.38. The molecule has 0 radical (unpaired) electrons. The van der Waals surface area contributed by atoms with Crippen LogP contribution in [-0.2, 0) is 29.2 Å². The summed E-state index contributed by atoms with van der Waals surface area (Å²) >= 11 is 0. The molecule has 0 bridgehead atoms. The van der Waals surface area contributed by atoms with Gasteiger partial charge in [-0.15, -0.1) is 0 Å². The Kier molecular flexibility index (Phi) is 12.7. The van der Waals surface area contributed by atoms with Crippen molar-refractivity contribution in [2.75, 3.05) is 27.4 Å². The van der Waals surface area contributed by atoms with E-state index in [-0.39, 0.29) is 32.8 Å². The van der Waals surface area contributed by atoms with E-state index >= 15 is 0 Å². The lowest BCUT2D eigenvalue weighted by molar-refractivity contribution is -0.173. The molecule has 0 unspecified atom stereocenters. The fourth-order valence-electron chi connectivity index (χ4n) is 4.33. The molecule has 0 aliphatic heterocycles. The standard InChI is InChI=1S/C36H34F3NO8/c1-43-28-14-10-25(11-15-28)23-46-31-21-27(18-19-40-34(41)36(37,38)39)32(9-6-20-45-35(42)48-30-7-4-3-5-8-30)33(22-31)47-24-26-12-16-29(44-2)17-13-26/h3-17,21-22H,18-20,23-24H2,1-2H3,(H,40,41)/b9-6-. The van der Waals surface area contributed by atoms with Crippen LogP contribution in [0.2, 0.25) is 0 Å². The molecule has 0 heterocycles. The minimum Gasteiger partial charge on any atom is -0.497 e. The van der Waals surface area contributed by atoms with Crippen LogP contribution in [0, 0.1) is 0 Å². The normalized spacial score (nSPS) is 11.1. The number of carbonyl (C=O) groups is 2. The lowest BCUT2D eigenvalue weighted by Crippen LogP contribution is -2.37. The Morgan fingerprint density at radius 2 is 1.35 bits per heavy atom. The van der Waals surface area contributed by atoms with Crippen molar-refractivity contribution in [3.05, 3.63) is 119 Å². The maximum atomic E-state index is 12.9. The molecule has 252 valence electrons. The minimum atomic E-state index is -5.02. The summed E-state index contributed by atoms with van der Waals surface area (Å²) < 4.78 is 71.6. The first-order valence-corrected chi connectivity index (χ1v) is 14.7. The Morgan fingerprint density at radius 1 is 0.750 bits per heavy atom. The summed E-state index contributed by atoms with van der Waals surface area (Å²) in [6.45, 7) is -0.182. The summed E-state index contributed by atoms with van der Waals surface area (Å²) in [5.74, 6) is 0.350. The Labute approximate surface area is 275 Å². The highest BCUT2D eigenvalue weighted by molar-refractivity contribution is 5.81. The van der Waals surface area contributed by atoms with E-state index in [1.165, 1.54) is 6.08 Å². The van der Waals surface area contributed by atoms with Crippen LogP contribution in [0.4, 0.5) is 18.0 Å². The molecular formula is C36H34F3NO8. The molecule has 9 nitrogen and oxygen atoms in total. The van der Waals surface area contributed by atoms with Gasteiger partial charge in [-0.1, -0.05) is 48.5 Å². The number of amides is 1. The van der Waals surface area contributed by atoms with E-state index in [1.54, 1.807) is 87.0 Å². The average Bonchev–Trinajstić information content (AvgIpc) is 3.09. The molecule has 4 aromatic rings. The number of carbonyl (C=O) groups excluding carboxylic acids is 2. The first-order valence-electron chi connectivity index (χ1n) is 14.7. The molecule has 0 aliphatic carbocycles. The van der Waals surface area contributed by atoms with Gasteiger partial charge in [0, 0.05) is 18.2 Å². The summed E-state index contributed by atoms with van der Waals surface area (Å²) in [7, 11) is 3.13. The van der Waals surface area contributed by atoms with Crippen LogP contribution in [-0.4, -0.2) is 45.6 Å². The molecule has 0 fully saturated rings. The van der Waals surface area contributed by atoms with E-state index in [0.717, 1.165) is 11.1 Å². The minimum absolute atomic E-state index is 0.00295. The fraction of sp³-hybridized carbons (Fsp3) is 0.222. The number of rotatable bonds is 15. The first-order chi connectivity index (χ1) is 23.1. The number of para-hydroxylation sites is 1. The van der Waals surface area contributed by atoms with Crippen LogP contribution in [0.15, 0.2) is 97.1 Å². The third-order valence-electron chi connectivity index (χ3n) is 6.78. The van der Waals surface area contributed by atoms with Gasteiger partial charge in [0.15, 0.2) is 0 Å². The van der Waals surface area contributed by atoms with Crippen molar-refractivity contribution < 1.29 is 51.2 Å². The van der Waals surface area contributed by atoms with Crippen molar-refractivity contribution in [1.29, 1.82) is 0 Å². The Balaban J connectivity index is 1.59. The molecule has 4 rings (SSSR count). The number of methoxy groups -OCH3 is 2. The summed E-state index contributed by atoms with van der Waals surface area (Å²) in [4.78, 5) is 23.7. The molecule has 0 saturated heterocycles. The van der Waals surface area contributed by atoms with Crippen LogP contribution in [0.5, 0.6) is 28.7 Å². The van der Waals surface area contributed by atoms with Gasteiger partial charge in [0.05, 0.1) is 14.2 Å². The number of benzene rings is 4.